The van der Waals surface area contributed by atoms with Gasteiger partial charge >= 0.3 is 24.1 Å². The van der Waals surface area contributed by atoms with Crippen LogP contribution in [0.2, 0.25) is 0 Å². The highest BCUT2D eigenvalue weighted by molar-refractivity contribution is 5.08. The van der Waals surface area contributed by atoms with Crippen molar-refractivity contribution in [2.75, 3.05) is 19.7 Å². The molecule has 2 atom stereocenters. The topological polar surface area (TPSA) is 32.7 Å². The van der Waals surface area contributed by atoms with Gasteiger partial charge in [0.15, 0.2) is 0 Å². The molecule has 0 amide bonds. The third kappa shape index (κ3) is 2.75. The number of halogens is 9. The first-order valence-corrected chi connectivity index (χ1v) is 6.94. The number of alkyl halides is 9. The SMILES string of the molecule is OC[C@@]12CCCN1C[C@H](OC(C(F)(F)F)(C(F)(F)F)C(F)(F)F)C2. The Balaban J connectivity index is 2.38. The molecule has 2 aliphatic heterocycles. The summed E-state index contributed by atoms with van der Waals surface area (Å²) in [6, 6.07) is 0. The van der Waals surface area contributed by atoms with Crippen LogP contribution >= 0.6 is 0 Å². The summed E-state index contributed by atoms with van der Waals surface area (Å²) in [5.41, 5.74) is -7.38. The maximum Gasteiger partial charge on any atom is 0.435 e. The Hall–Kier alpha value is -0.750. The van der Waals surface area contributed by atoms with E-state index in [2.05, 4.69) is 4.74 Å². The number of hydrogen-bond acceptors (Lipinski definition) is 3. The molecule has 0 aromatic heterocycles. The predicted octanol–water partition coefficient (Wildman–Crippen LogP) is 3.03. The summed E-state index contributed by atoms with van der Waals surface area (Å²) in [5.74, 6) is 0. The molecule has 2 rings (SSSR count). The molecule has 0 saturated carbocycles. The smallest absolute Gasteiger partial charge is 0.394 e. The second kappa shape index (κ2) is 5.63. The van der Waals surface area contributed by atoms with Crippen LogP contribution in [0.15, 0.2) is 0 Å². The molecule has 2 heterocycles. The van der Waals surface area contributed by atoms with Crippen LogP contribution < -0.4 is 0 Å². The average Bonchev–Trinajstić information content (AvgIpc) is 2.87. The molecule has 24 heavy (non-hydrogen) atoms. The second-order valence-electron chi connectivity index (χ2n) is 6.05. The van der Waals surface area contributed by atoms with Crippen LogP contribution in [0.1, 0.15) is 19.3 Å². The van der Waals surface area contributed by atoms with Gasteiger partial charge in [0.1, 0.15) is 0 Å². The Morgan fingerprint density at radius 3 is 1.83 bits per heavy atom. The van der Waals surface area contributed by atoms with Gasteiger partial charge in [-0.05, 0) is 25.8 Å². The van der Waals surface area contributed by atoms with Gasteiger partial charge in [-0.2, -0.15) is 39.5 Å². The number of hydrogen-bond donors (Lipinski definition) is 1. The van der Waals surface area contributed by atoms with Crippen LogP contribution in [-0.4, -0.2) is 65.5 Å². The zero-order chi connectivity index (χ0) is 18.6. The molecule has 0 radical (unpaired) electrons. The molecular weight excluding hydrogens is 361 g/mol. The Kier molecular flexibility index (Phi) is 4.59. The number of ether oxygens (including phenoxy) is 1. The molecule has 2 saturated heterocycles. The summed E-state index contributed by atoms with van der Waals surface area (Å²) >= 11 is 0. The zero-order valence-electron chi connectivity index (χ0n) is 12.0. The predicted molar refractivity (Wildman–Crippen MR) is 61.0 cm³/mol. The molecular formula is C12H14F9NO2. The van der Waals surface area contributed by atoms with Crippen molar-refractivity contribution in [2.45, 2.75) is 55.0 Å². The first kappa shape index (κ1) is 19.6. The Bertz CT molecular complexity index is 437. The van der Waals surface area contributed by atoms with Gasteiger partial charge in [-0.15, -0.1) is 0 Å². The third-order valence-electron chi connectivity index (χ3n) is 4.61. The molecule has 2 fully saturated rings. The average molecular weight is 375 g/mol. The molecule has 2 aliphatic rings. The van der Waals surface area contributed by atoms with Gasteiger partial charge in [-0.1, -0.05) is 0 Å². The molecule has 0 aliphatic carbocycles. The quantitative estimate of drug-likeness (QED) is 0.770. The van der Waals surface area contributed by atoms with Crippen LogP contribution in [0.5, 0.6) is 0 Å². The Morgan fingerprint density at radius 2 is 1.46 bits per heavy atom. The van der Waals surface area contributed by atoms with Gasteiger partial charge in [0, 0.05) is 12.1 Å². The fourth-order valence-electron chi connectivity index (χ4n) is 3.50. The molecule has 0 bridgehead atoms. The highest BCUT2D eigenvalue weighted by Crippen LogP contribution is 2.56. The molecule has 12 heteroatoms. The monoisotopic (exact) mass is 375 g/mol. The number of aliphatic hydroxyl groups excluding tert-OH is 1. The normalized spacial score (nSPS) is 30.0. The van der Waals surface area contributed by atoms with Gasteiger partial charge in [0.25, 0.3) is 0 Å². The van der Waals surface area contributed by atoms with Crippen molar-refractivity contribution in [3.8, 4) is 0 Å². The Morgan fingerprint density at radius 1 is 0.958 bits per heavy atom. The highest BCUT2D eigenvalue weighted by atomic mass is 19.4. The standard InChI is InChI=1S/C12H14F9NO2/c13-10(14,15)9(11(16,17)18,12(19,20)21)24-7-4-8(6-23)2-1-3-22(8)5-7/h7,23H,1-6H2/t7-,8+/m1/s1. The van der Waals surface area contributed by atoms with Crippen LogP contribution in [0.3, 0.4) is 0 Å². The summed E-state index contributed by atoms with van der Waals surface area (Å²) in [6.45, 7) is -0.855. The number of aliphatic hydroxyl groups is 1. The molecule has 142 valence electrons. The summed E-state index contributed by atoms with van der Waals surface area (Å²) in [7, 11) is 0. The van der Waals surface area contributed by atoms with Crippen LogP contribution in [0.25, 0.3) is 0 Å². The summed E-state index contributed by atoms with van der Waals surface area (Å²) in [4.78, 5) is 1.38. The van der Waals surface area contributed by atoms with Crippen molar-refractivity contribution in [3.63, 3.8) is 0 Å². The lowest BCUT2D eigenvalue weighted by molar-refractivity contribution is -0.463. The van der Waals surface area contributed by atoms with Crippen LogP contribution in [0, 0.1) is 0 Å². The minimum absolute atomic E-state index is 0.261. The third-order valence-corrected chi connectivity index (χ3v) is 4.61. The fraction of sp³-hybridized carbons (Fsp3) is 1.00. The van der Waals surface area contributed by atoms with Crippen molar-refractivity contribution in [2.24, 2.45) is 0 Å². The van der Waals surface area contributed by atoms with E-state index in [9.17, 15) is 44.6 Å². The summed E-state index contributed by atoms with van der Waals surface area (Å²) < 4.78 is 119. The van der Waals surface area contributed by atoms with Gasteiger partial charge in [-0.3, -0.25) is 4.90 Å². The Labute approximate surface area is 130 Å². The number of rotatable bonds is 3. The van der Waals surface area contributed by atoms with Crippen molar-refractivity contribution >= 4 is 0 Å². The maximum atomic E-state index is 12.9. The van der Waals surface area contributed by atoms with E-state index in [4.69, 9.17) is 0 Å². The lowest BCUT2D eigenvalue weighted by Gasteiger charge is -2.39. The minimum atomic E-state index is -6.73. The van der Waals surface area contributed by atoms with E-state index < -0.39 is 55.3 Å². The largest absolute Gasteiger partial charge is 0.435 e. The van der Waals surface area contributed by atoms with Crippen LogP contribution in [0.4, 0.5) is 39.5 Å². The first-order chi connectivity index (χ1) is 10.7. The molecule has 0 aromatic rings. The first-order valence-electron chi connectivity index (χ1n) is 6.94. The summed E-state index contributed by atoms with van der Waals surface area (Å²) in [6.07, 6.45) is -21.9. The van der Waals surface area contributed by atoms with E-state index in [0.29, 0.717) is 6.42 Å². The van der Waals surface area contributed by atoms with E-state index in [1.807, 2.05) is 0 Å². The van der Waals surface area contributed by atoms with E-state index in [1.165, 1.54) is 4.90 Å². The summed E-state index contributed by atoms with van der Waals surface area (Å²) in [5, 5.41) is 9.36. The van der Waals surface area contributed by atoms with Gasteiger partial charge in [0.05, 0.1) is 12.7 Å². The highest BCUT2D eigenvalue weighted by Gasteiger charge is 2.86. The molecule has 1 N–H and O–H groups in total. The van der Waals surface area contributed by atoms with Crippen molar-refractivity contribution < 1.29 is 49.4 Å². The number of nitrogens with zero attached hydrogens (tertiary/aromatic N) is 1. The zero-order valence-corrected chi connectivity index (χ0v) is 12.0. The van der Waals surface area contributed by atoms with Crippen molar-refractivity contribution in [1.29, 1.82) is 0 Å². The lowest BCUT2D eigenvalue weighted by atomic mass is 9.93. The minimum Gasteiger partial charge on any atom is -0.394 e. The molecule has 0 aromatic carbocycles. The van der Waals surface area contributed by atoms with Gasteiger partial charge < -0.3 is 9.84 Å². The second-order valence-corrected chi connectivity index (χ2v) is 6.05. The van der Waals surface area contributed by atoms with E-state index >= 15 is 0 Å². The van der Waals surface area contributed by atoms with Crippen molar-refractivity contribution in [3.05, 3.63) is 0 Å². The lowest BCUT2D eigenvalue weighted by Crippen LogP contribution is -2.68. The van der Waals surface area contributed by atoms with Crippen LogP contribution in [-0.2, 0) is 4.74 Å². The van der Waals surface area contributed by atoms with Crippen molar-refractivity contribution in [1.82, 2.24) is 4.90 Å². The molecule has 3 nitrogen and oxygen atoms in total. The van der Waals surface area contributed by atoms with E-state index in [1.54, 1.807) is 0 Å². The molecule has 0 spiro atoms. The van der Waals surface area contributed by atoms with E-state index in [-0.39, 0.29) is 13.0 Å². The molecule has 0 unspecified atom stereocenters. The van der Waals surface area contributed by atoms with E-state index in [0.717, 1.165) is 0 Å². The number of fused-ring (bicyclic) bond motifs is 1. The maximum absolute atomic E-state index is 12.9. The fourth-order valence-corrected chi connectivity index (χ4v) is 3.50. The van der Waals surface area contributed by atoms with Gasteiger partial charge in [0.2, 0.25) is 0 Å². The van der Waals surface area contributed by atoms with Gasteiger partial charge in [-0.25, -0.2) is 0 Å².